The van der Waals surface area contributed by atoms with Crippen LogP contribution in [0.4, 0.5) is 6.01 Å². The lowest BCUT2D eigenvalue weighted by Gasteiger charge is -2.42. The second-order valence-corrected chi connectivity index (χ2v) is 5.09. The minimum atomic E-state index is -0.131. The highest BCUT2D eigenvalue weighted by atomic mass is 16.4. The first-order valence-electron chi connectivity index (χ1n) is 6.03. The number of amides is 1. The molecule has 7 heteroatoms. The Morgan fingerprint density at radius 1 is 1.56 bits per heavy atom. The minimum Gasteiger partial charge on any atom is -0.408 e. The summed E-state index contributed by atoms with van der Waals surface area (Å²) in [7, 11) is 0. The van der Waals surface area contributed by atoms with Gasteiger partial charge in [0, 0.05) is 32.1 Å². The molecule has 0 saturated carbocycles. The third-order valence-corrected chi connectivity index (χ3v) is 3.08. The van der Waals surface area contributed by atoms with Crippen LogP contribution in [0.25, 0.3) is 0 Å². The van der Waals surface area contributed by atoms with Crippen molar-refractivity contribution in [2.75, 3.05) is 31.5 Å². The van der Waals surface area contributed by atoms with Gasteiger partial charge in [0.1, 0.15) is 0 Å². The first-order chi connectivity index (χ1) is 8.47. The van der Waals surface area contributed by atoms with Crippen LogP contribution in [0, 0.1) is 6.92 Å². The van der Waals surface area contributed by atoms with Crippen LogP contribution >= 0.6 is 0 Å². The summed E-state index contributed by atoms with van der Waals surface area (Å²) >= 11 is 0. The van der Waals surface area contributed by atoms with Crippen molar-refractivity contribution in [3.8, 4) is 0 Å². The van der Waals surface area contributed by atoms with E-state index in [1.54, 1.807) is 6.92 Å². The highest BCUT2D eigenvalue weighted by Gasteiger charge is 2.30. The van der Waals surface area contributed by atoms with Crippen molar-refractivity contribution < 1.29 is 9.21 Å². The molecule has 1 aliphatic heterocycles. The van der Waals surface area contributed by atoms with Crippen LogP contribution in [0.2, 0.25) is 0 Å². The second kappa shape index (κ2) is 5.03. The molecule has 0 spiro atoms. The summed E-state index contributed by atoms with van der Waals surface area (Å²) in [5, 5.41) is 13.3. The molecular formula is C11H19N5O2. The highest BCUT2D eigenvalue weighted by molar-refractivity contribution is 5.90. The molecule has 0 radical (unpaired) electrons. The number of carbonyl (C=O) groups excluding carboxylic acids is 1. The summed E-state index contributed by atoms with van der Waals surface area (Å²) in [4.78, 5) is 14.0. The molecule has 1 aromatic heterocycles. The van der Waals surface area contributed by atoms with Crippen molar-refractivity contribution in [2.24, 2.45) is 0 Å². The van der Waals surface area contributed by atoms with Gasteiger partial charge in [-0.05, 0) is 13.8 Å². The molecule has 100 valence electrons. The number of rotatable bonds is 3. The molecule has 1 saturated heterocycles. The standard InChI is InChI=1S/C11H19N5O2/c1-8-14-15-10(18-8)13-9(17)6-16-5-4-12-7-11(16,2)3/h12H,4-7H2,1-3H3,(H,13,15,17). The zero-order valence-electron chi connectivity index (χ0n) is 11.0. The number of nitrogens with one attached hydrogen (secondary N) is 2. The topological polar surface area (TPSA) is 83.3 Å². The summed E-state index contributed by atoms with van der Waals surface area (Å²) in [5.41, 5.74) is -0.0274. The van der Waals surface area contributed by atoms with Crippen LogP contribution < -0.4 is 10.6 Å². The molecular weight excluding hydrogens is 234 g/mol. The normalized spacial score (nSPS) is 19.7. The summed E-state index contributed by atoms with van der Waals surface area (Å²) in [6.07, 6.45) is 0. The molecule has 1 aliphatic rings. The quantitative estimate of drug-likeness (QED) is 0.789. The van der Waals surface area contributed by atoms with E-state index in [0.717, 1.165) is 19.6 Å². The van der Waals surface area contributed by atoms with Crippen molar-refractivity contribution >= 4 is 11.9 Å². The molecule has 0 unspecified atom stereocenters. The van der Waals surface area contributed by atoms with Crippen LogP contribution in [-0.4, -0.2) is 52.7 Å². The Labute approximate surface area is 106 Å². The lowest BCUT2D eigenvalue weighted by Crippen LogP contribution is -2.59. The lowest BCUT2D eigenvalue weighted by atomic mass is 10.0. The maximum Gasteiger partial charge on any atom is 0.322 e. The third kappa shape index (κ3) is 3.05. The first-order valence-corrected chi connectivity index (χ1v) is 6.03. The number of nitrogens with zero attached hydrogens (tertiary/aromatic N) is 3. The zero-order valence-corrected chi connectivity index (χ0v) is 11.0. The van der Waals surface area contributed by atoms with E-state index in [1.807, 2.05) is 0 Å². The fraction of sp³-hybridized carbons (Fsp3) is 0.727. The molecule has 18 heavy (non-hydrogen) atoms. The van der Waals surface area contributed by atoms with Gasteiger partial charge in [-0.15, -0.1) is 5.10 Å². The van der Waals surface area contributed by atoms with Gasteiger partial charge in [-0.25, -0.2) is 0 Å². The van der Waals surface area contributed by atoms with Crippen molar-refractivity contribution in [2.45, 2.75) is 26.3 Å². The Hall–Kier alpha value is -1.47. The maximum absolute atomic E-state index is 11.9. The third-order valence-electron chi connectivity index (χ3n) is 3.08. The monoisotopic (exact) mass is 253 g/mol. The Morgan fingerprint density at radius 3 is 2.94 bits per heavy atom. The van der Waals surface area contributed by atoms with Gasteiger partial charge in [-0.2, -0.15) is 0 Å². The SMILES string of the molecule is Cc1nnc(NC(=O)CN2CCNCC2(C)C)o1. The van der Waals surface area contributed by atoms with E-state index < -0.39 is 0 Å². The van der Waals surface area contributed by atoms with Crippen molar-refractivity contribution in [3.05, 3.63) is 5.89 Å². The number of aromatic nitrogens is 2. The number of hydrogen-bond donors (Lipinski definition) is 2. The molecule has 0 aliphatic carbocycles. The Kier molecular flexibility index (Phi) is 3.63. The van der Waals surface area contributed by atoms with Crippen molar-refractivity contribution in [1.82, 2.24) is 20.4 Å². The van der Waals surface area contributed by atoms with E-state index in [1.165, 1.54) is 0 Å². The van der Waals surface area contributed by atoms with Gasteiger partial charge < -0.3 is 9.73 Å². The zero-order chi connectivity index (χ0) is 13.2. The average molecular weight is 253 g/mol. The van der Waals surface area contributed by atoms with Crippen LogP contribution in [-0.2, 0) is 4.79 Å². The average Bonchev–Trinajstić information content (AvgIpc) is 2.67. The van der Waals surface area contributed by atoms with Crippen molar-refractivity contribution in [3.63, 3.8) is 0 Å². The van der Waals surface area contributed by atoms with Crippen LogP contribution in [0.5, 0.6) is 0 Å². The van der Waals surface area contributed by atoms with E-state index in [2.05, 4.69) is 39.6 Å². The summed E-state index contributed by atoms with van der Waals surface area (Å²) in [5.74, 6) is 0.307. The van der Waals surface area contributed by atoms with E-state index in [9.17, 15) is 4.79 Å². The van der Waals surface area contributed by atoms with E-state index in [4.69, 9.17) is 4.42 Å². The van der Waals surface area contributed by atoms with Gasteiger partial charge in [0.2, 0.25) is 11.8 Å². The molecule has 2 rings (SSSR count). The van der Waals surface area contributed by atoms with E-state index in [-0.39, 0.29) is 17.5 Å². The number of aryl methyl sites for hydroxylation is 1. The van der Waals surface area contributed by atoms with Gasteiger partial charge in [-0.1, -0.05) is 5.10 Å². The van der Waals surface area contributed by atoms with Gasteiger partial charge in [0.15, 0.2) is 0 Å². The summed E-state index contributed by atoms with van der Waals surface area (Å²) in [6.45, 7) is 8.87. The molecule has 2 N–H and O–H groups in total. The predicted molar refractivity (Wildman–Crippen MR) is 66.2 cm³/mol. The molecule has 1 amide bonds. The lowest BCUT2D eigenvalue weighted by molar-refractivity contribution is -0.119. The van der Waals surface area contributed by atoms with Gasteiger partial charge in [0.05, 0.1) is 6.54 Å². The molecule has 0 aromatic carbocycles. The Morgan fingerprint density at radius 2 is 2.33 bits per heavy atom. The van der Waals surface area contributed by atoms with Gasteiger partial charge >= 0.3 is 6.01 Å². The van der Waals surface area contributed by atoms with Crippen molar-refractivity contribution in [1.29, 1.82) is 0 Å². The molecule has 7 nitrogen and oxygen atoms in total. The molecule has 0 atom stereocenters. The number of anilines is 1. The molecule has 2 heterocycles. The minimum absolute atomic E-state index is 0.0274. The summed E-state index contributed by atoms with van der Waals surface area (Å²) in [6, 6.07) is 0.158. The Bertz CT molecular complexity index is 429. The Balaban J connectivity index is 1.90. The molecule has 1 aromatic rings. The fourth-order valence-corrected chi connectivity index (χ4v) is 2.00. The number of carbonyl (C=O) groups is 1. The van der Waals surface area contributed by atoms with Crippen LogP contribution in [0.3, 0.4) is 0 Å². The number of piperazine rings is 1. The van der Waals surface area contributed by atoms with Crippen LogP contribution in [0.15, 0.2) is 4.42 Å². The van der Waals surface area contributed by atoms with E-state index in [0.29, 0.717) is 12.4 Å². The van der Waals surface area contributed by atoms with Gasteiger partial charge in [0.25, 0.3) is 0 Å². The smallest absolute Gasteiger partial charge is 0.322 e. The highest BCUT2D eigenvalue weighted by Crippen LogP contribution is 2.15. The fourth-order valence-electron chi connectivity index (χ4n) is 2.00. The van der Waals surface area contributed by atoms with Gasteiger partial charge in [-0.3, -0.25) is 15.0 Å². The largest absolute Gasteiger partial charge is 0.408 e. The first kappa shape index (κ1) is 13.0. The number of hydrogen-bond acceptors (Lipinski definition) is 6. The predicted octanol–water partition coefficient (Wildman–Crippen LogP) is 0.000320. The molecule has 1 fully saturated rings. The summed E-state index contributed by atoms with van der Waals surface area (Å²) < 4.78 is 5.11. The van der Waals surface area contributed by atoms with Crippen LogP contribution in [0.1, 0.15) is 19.7 Å². The second-order valence-electron chi connectivity index (χ2n) is 5.09. The maximum atomic E-state index is 11.9. The molecule has 0 bridgehead atoms. The van der Waals surface area contributed by atoms with E-state index >= 15 is 0 Å².